The van der Waals surface area contributed by atoms with E-state index in [2.05, 4.69) is 20.3 Å². The van der Waals surface area contributed by atoms with Crippen molar-refractivity contribution in [3.8, 4) is 0 Å². The summed E-state index contributed by atoms with van der Waals surface area (Å²) in [7, 11) is 0. The molecule has 14 heteroatoms. The molecule has 178 valence electrons. The van der Waals surface area contributed by atoms with Crippen molar-refractivity contribution in [3.05, 3.63) is 35.7 Å². The molecule has 2 aliphatic rings. The molecule has 4 rings (SSSR count). The minimum Gasteiger partial charge on any atom is -0.475 e. The molecule has 1 aliphatic heterocycles. The highest BCUT2D eigenvalue weighted by atomic mass is 19.4. The fourth-order valence-electron chi connectivity index (χ4n) is 3.32. The van der Waals surface area contributed by atoms with Crippen molar-refractivity contribution in [2.75, 3.05) is 16.8 Å². The minimum absolute atomic E-state index is 0.0685. The van der Waals surface area contributed by atoms with Gasteiger partial charge in [-0.1, -0.05) is 0 Å². The Bertz CT molecular complexity index is 1100. The Morgan fingerprint density at radius 3 is 2.24 bits per heavy atom. The Balaban J connectivity index is 0.000000383. The number of hydrogen-bond donors (Lipinski definition) is 2. The number of nitrogens with zero attached hydrogens (tertiary/aromatic N) is 4. The standard InChI is InChI=1S/C17H16F3N5O.C2HF3O2/c1-9(26)22-13-5-11-10(7-21-13)17(3-4-17)8-25(11)14-6-12(18)23-15(24-14)16(2,19)20;3-2(4,5)1(6)7/h5-7H,3-4,8H2,1-2H3,(H,21,22,26);(H,6,7). The van der Waals surface area contributed by atoms with Gasteiger partial charge in [0.2, 0.25) is 17.7 Å². The Morgan fingerprint density at radius 1 is 1.15 bits per heavy atom. The number of aliphatic carboxylic acids is 1. The van der Waals surface area contributed by atoms with E-state index in [0.29, 0.717) is 25.0 Å². The summed E-state index contributed by atoms with van der Waals surface area (Å²) >= 11 is 0. The zero-order chi connectivity index (χ0) is 24.8. The van der Waals surface area contributed by atoms with E-state index in [1.54, 1.807) is 17.2 Å². The van der Waals surface area contributed by atoms with Gasteiger partial charge >= 0.3 is 18.1 Å². The van der Waals surface area contributed by atoms with Crippen molar-refractivity contribution in [1.82, 2.24) is 15.0 Å². The molecule has 0 unspecified atom stereocenters. The van der Waals surface area contributed by atoms with Crippen LogP contribution in [0.4, 0.5) is 43.7 Å². The van der Waals surface area contributed by atoms with Crippen molar-refractivity contribution in [3.63, 3.8) is 0 Å². The van der Waals surface area contributed by atoms with Gasteiger partial charge in [-0.05, 0) is 12.8 Å². The van der Waals surface area contributed by atoms with Gasteiger partial charge in [0.05, 0.1) is 5.69 Å². The van der Waals surface area contributed by atoms with E-state index in [1.807, 2.05) is 0 Å². The van der Waals surface area contributed by atoms with Gasteiger partial charge in [-0.25, -0.2) is 14.8 Å². The number of pyridine rings is 1. The maximum atomic E-state index is 13.9. The largest absolute Gasteiger partial charge is 0.490 e. The molecule has 1 amide bonds. The summed E-state index contributed by atoms with van der Waals surface area (Å²) in [5.74, 6) is -7.84. The number of carboxylic acid groups (broad SMARTS) is 1. The highest BCUT2D eigenvalue weighted by molar-refractivity contribution is 5.89. The molecule has 0 saturated heterocycles. The van der Waals surface area contributed by atoms with E-state index in [4.69, 9.17) is 9.90 Å². The lowest BCUT2D eigenvalue weighted by Gasteiger charge is -2.20. The number of carboxylic acids is 1. The highest BCUT2D eigenvalue weighted by Gasteiger charge is 2.53. The summed E-state index contributed by atoms with van der Waals surface area (Å²) in [5.41, 5.74) is 1.52. The molecule has 1 fully saturated rings. The van der Waals surface area contributed by atoms with Crippen molar-refractivity contribution in [1.29, 1.82) is 0 Å². The third-order valence-corrected chi connectivity index (χ3v) is 4.96. The van der Waals surface area contributed by atoms with Gasteiger partial charge in [0.1, 0.15) is 11.6 Å². The Labute approximate surface area is 182 Å². The first kappa shape index (κ1) is 24.2. The van der Waals surface area contributed by atoms with Crippen LogP contribution in [-0.2, 0) is 20.9 Å². The van der Waals surface area contributed by atoms with Crippen molar-refractivity contribution in [2.45, 2.75) is 44.2 Å². The lowest BCUT2D eigenvalue weighted by Crippen LogP contribution is -2.23. The molecular formula is C19H17F6N5O3. The highest BCUT2D eigenvalue weighted by Crippen LogP contribution is 2.58. The Hall–Kier alpha value is -3.45. The lowest BCUT2D eigenvalue weighted by atomic mass is 10.0. The summed E-state index contributed by atoms with van der Waals surface area (Å²) in [6.07, 6.45) is -1.54. The number of halogens is 6. The smallest absolute Gasteiger partial charge is 0.475 e. The second-order valence-corrected chi connectivity index (χ2v) is 7.70. The van der Waals surface area contributed by atoms with Gasteiger partial charge in [0.15, 0.2) is 0 Å². The number of hydrogen-bond acceptors (Lipinski definition) is 6. The molecule has 2 aromatic heterocycles. The number of fused-ring (bicyclic) bond motifs is 2. The maximum Gasteiger partial charge on any atom is 0.490 e. The van der Waals surface area contributed by atoms with E-state index >= 15 is 0 Å². The minimum atomic E-state index is -5.08. The van der Waals surface area contributed by atoms with E-state index in [0.717, 1.165) is 24.5 Å². The number of carbonyl (C=O) groups excluding carboxylic acids is 1. The second-order valence-electron chi connectivity index (χ2n) is 7.70. The first-order chi connectivity index (χ1) is 15.1. The lowest BCUT2D eigenvalue weighted by molar-refractivity contribution is -0.192. The van der Waals surface area contributed by atoms with E-state index in [1.165, 1.54) is 6.92 Å². The first-order valence-corrected chi connectivity index (χ1v) is 9.41. The van der Waals surface area contributed by atoms with Gasteiger partial charge in [0.25, 0.3) is 0 Å². The number of rotatable bonds is 3. The average molecular weight is 477 g/mol. The van der Waals surface area contributed by atoms with Gasteiger partial charge in [0, 0.05) is 49.7 Å². The van der Waals surface area contributed by atoms with Gasteiger partial charge in [-0.3, -0.25) is 4.79 Å². The summed E-state index contributed by atoms with van der Waals surface area (Å²) in [5, 5.41) is 9.72. The Kier molecular flexibility index (Phi) is 5.98. The summed E-state index contributed by atoms with van der Waals surface area (Å²) in [4.78, 5) is 33.2. The van der Waals surface area contributed by atoms with E-state index in [9.17, 15) is 31.1 Å². The van der Waals surface area contributed by atoms with Crippen molar-refractivity contribution in [2.24, 2.45) is 0 Å². The molecule has 1 spiro atoms. The van der Waals surface area contributed by atoms with Crippen LogP contribution in [0.3, 0.4) is 0 Å². The van der Waals surface area contributed by atoms with Crippen molar-refractivity contribution >= 4 is 29.2 Å². The van der Waals surface area contributed by atoms with Crippen LogP contribution >= 0.6 is 0 Å². The zero-order valence-corrected chi connectivity index (χ0v) is 17.2. The van der Waals surface area contributed by atoms with Gasteiger partial charge in [-0.2, -0.15) is 31.3 Å². The number of aromatic nitrogens is 3. The SMILES string of the molecule is CC(=O)Nc1cc2c(cn1)C1(CC1)CN2c1cc(F)nc(C(C)(F)F)n1.O=C(O)C(F)(F)F. The molecular weight excluding hydrogens is 460 g/mol. The molecule has 1 saturated carbocycles. The molecule has 33 heavy (non-hydrogen) atoms. The van der Waals surface area contributed by atoms with Crippen LogP contribution in [0, 0.1) is 5.95 Å². The summed E-state index contributed by atoms with van der Waals surface area (Å²) < 4.78 is 72.8. The van der Waals surface area contributed by atoms with Crippen molar-refractivity contribution < 1.29 is 41.0 Å². The molecule has 0 radical (unpaired) electrons. The third-order valence-electron chi connectivity index (χ3n) is 4.96. The van der Waals surface area contributed by atoms with E-state index in [-0.39, 0.29) is 17.1 Å². The van der Waals surface area contributed by atoms with Crippen LogP contribution in [0.25, 0.3) is 0 Å². The number of nitrogens with one attached hydrogen (secondary N) is 1. The molecule has 0 atom stereocenters. The fraction of sp³-hybridized carbons (Fsp3) is 0.421. The van der Waals surface area contributed by atoms with Crippen LogP contribution in [0.2, 0.25) is 0 Å². The predicted molar refractivity (Wildman–Crippen MR) is 102 cm³/mol. The molecule has 0 bridgehead atoms. The van der Waals surface area contributed by atoms with Gasteiger partial charge < -0.3 is 15.3 Å². The molecule has 2 N–H and O–H groups in total. The first-order valence-electron chi connectivity index (χ1n) is 9.41. The number of anilines is 3. The molecule has 1 aliphatic carbocycles. The normalized spacial score (nSPS) is 16.1. The van der Waals surface area contributed by atoms with Crippen LogP contribution in [0.15, 0.2) is 18.3 Å². The molecule has 2 aromatic rings. The van der Waals surface area contributed by atoms with Crippen LogP contribution < -0.4 is 10.2 Å². The summed E-state index contributed by atoms with van der Waals surface area (Å²) in [6.45, 7) is 2.49. The zero-order valence-electron chi connectivity index (χ0n) is 17.2. The second kappa shape index (κ2) is 8.15. The predicted octanol–water partition coefficient (Wildman–Crippen LogP) is 3.90. The summed E-state index contributed by atoms with van der Waals surface area (Å²) in [6, 6.07) is 2.70. The Morgan fingerprint density at radius 2 is 1.76 bits per heavy atom. The van der Waals surface area contributed by atoms with Crippen LogP contribution in [0.1, 0.15) is 38.1 Å². The fourth-order valence-corrected chi connectivity index (χ4v) is 3.32. The van der Waals surface area contributed by atoms with Gasteiger partial charge in [-0.15, -0.1) is 0 Å². The average Bonchev–Trinajstić information content (AvgIpc) is 3.37. The number of alkyl halides is 5. The molecule has 3 heterocycles. The third kappa shape index (κ3) is 5.31. The molecule has 8 nitrogen and oxygen atoms in total. The number of amides is 1. The number of carbonyl (C=O) groups is 2. The van der Waals surface area contributed by atoms with Crippen LogP contribution in [0.5, 0.6) is 0 Å². The quantitative estimate of drug-likeness (QED) is 0.510. The monoisotopic (exact) mass is 477 g/mol. The van der Waals surface area contributed by atoms with Crippen LogP contribution in [-0.4, -0.2) is 44.7 Å². The van der Waals surface area contributed by atoms with E-state index < -0.39 is 29.8 Å². The maximum absolute atomic E-state index is 13.9. The topological polar surface area (TPSA) is 108 Å². The molecule has 0 aromatic carbocycles.